The highest BCUT2D eigenvalue weighted by atomic mass is 79.9. The van der Waals surface area contributed by atoms with Crippen LogP contribution in [0, 0.1) is 0 Å². The highest BCUT2D eigenvalue weighted by Crippen LogP contribution is 2.36. The van der Waals surface area contributed by atoms with Gasteiger partial charge in [-0.25, -0.2) is 0 Å². The van der Waals surface area contributed by atoms with Crippen molar-refractivity contribution in [3.05, 3.63) is 27.3 Å². The lowest BCUT2D eigenvalue weighted by molar-refractivity contribution is 0.415. The first-order valence-corrected chi connectivity index (χ1v) is 6.42. The van der Waals surface area contributed by atoms with Gasteiger partial charge in [0.15, 0.2) is 0 Å². The second-order valence-electron chi connectivity index (χ2n) is 3.85. The highest BCUT2D eigenvalue weighted by molar-refractivity contribution is 9.10. The normalized spacial score (nSPS) is 11.1. The van der Waals surface area contributed by atoms with Crippen LogP contribution in [-0.4, -0.2) is 18.7 Å². The van der Waals surface area contributed by atoms with Gasteiger partial charge < -0.3 is 14.6 Å². The first-order chi connectivity index (χ1) is 8.10. The van der Waals surface area contributed by atoms with E-state index in [1.54, 1.807) is 7.11 Å². The van der Waals surface area contributed by atoms with Gasteiger partial charge in [-0.05, 0) is 35.1 Å². The molecule has 3 nitrogen and oxygen atoms in total. The van der Waals surface area contributed by atoms with Crippen molar-refractivity contribution in [3.63, 3.8) is 0 Å². The molecule has 2 rings (SSSR count). The minimum atomic E-state index is 0.629. The number of aryl methyl sites for hydroxylation is 1. The van der Waals surface area contributed by atoms with Gasteiger partial charge in [-0.2, -0.15) is 0 Å². The number of nitrogens with zero attached hydrogens (tertiary/aromatic N) is 1. The third kappa shape index (κ3) is 2.05. The summed E-state index contributed by atoms with van der Waals surface area (Å²) >= 11 is 9.78. The fourth-order valence-corrected chi connectivity index (χ4v) is 2.92. The smallest absolute Gasteiger partial charge is 0.138 e. The maximum Gasteiger partial charge on any atom is 0.138 e. The molecule has 2 aromatic rings. The molecule has 1 heterocycles. The Morgan fingerprint density at radius 2 is 2.18 bits per heavy atom. The van der Waals surface area contributed by atoms with Crippen LogP contribution in [0.3, 0.4) is 0 Å². The Morgan fingerprint density at radius 1 is 1.47 bits per heavy atom. The van der Waals surface area contributed by atoms with Gasteiger partial charge in [0.2, 0.25) is 0 Å². The number of fused-ring (bicyclic) bond motifs is 1. The predicted octanol–water partition coefficient (Wildman–Crippen LogP) is 3.32. The number of aromatic nitrogens is 1. The molecule has 0 spiro atoms. The van der Waals surface area contributed by atoms with Crippen molar-refractivity contribution in [1.29, 1.82) is 0 Å². The molecule has 0 amide bonds. The number of rotatable bonds is 3. The standard InChI is InChI=1S/C12H14BrClN2O/c1-15-6-10-12(13)7-4-11(17-3)8(14)5-9(7)16(10)2/h4-5,15H,6H2,1-3H3. The molecular weight excluding hydrogens is 304 g/mol. The molecule has 1 N–H and O–H groups in total. The number of ether oxygens (including phenoxy) is 1. The molecule has 0 saturated carbocycles. The minimum absolute atomic E-state index is 0.629. The summed E-state index contributed by atoms with van der Waals surface area (Å²) in [5.74, 6) is 0.696. The van der Waals surface area contributed by atoms with Gasteiger partial charge in [-0.1, -0.05) is 11.6 Å². The van der Waals surface area contributed by atoms with Gasteiger partial charge in [0.1, 0.15) is 5.75 Å². The summed E-state index contributed by atoms with van der Waals surface area (Å²) in [7, 11) is 5.58. The molecule has 0 aliphatic rings. The van der Waals surface area contributed by atoms with Gasteiger partial charge in [-0.3, -0.25) is 0 Å². The van der Waals surface area contributed by atoms with Crippen LogP contribution < -0.4 is 10.1 Å². The molecular formula is C12H14BrClN2O. The summed E-state index contributed by atoms with van der Waals surface area (Å²) in [6.07, 6.45) is 0. The monoisotopic (exact) mass is 316 g/mol. The van der Waals surface area contributed by atoms with Crippen molar-refractivity contribution >= 4 is 38.4 Å². The van der Waals surface area contributed by atoms with E-state index in [0.29, 0.717) is 10.8 Å². The number of halogens is 2. The topological polar surface area (TPSA) is 26.2 Å². The fourth-order valence-electron chi connectivity index (χ4n) is 1.96. The molecule has 0 bridgehead atoms. The van der Waals surface area contributed by atoms with Crippen LogP contribution in [0.15, 0.2) is 16.6 Å². The Morgan fingerprint density at radius 3 is 2.76 bits per heavy atom. The first-order valence-electron chi connectivity index (χ1n) is 5.25. The van der Waals surface area contributed by atoms with Gasteiger partial charge in [0.25, 0.3) is 0 Å². The van der Waals surface area contributed by atoms with Crippen LogP contribution in [-0.2, 0) is 13.6 Å². The molecule has 0 aliphatic carbocycles. The van der Waals surface area contributed by atoms with E-state index in [2.05, 4.69) is 25.8 Å². The van der Waals surface area contributed by atoms with Crippen molar-refractivity contribution in [2.45, 2.75) is 6.54 Å². The first kappa shape index (κ1) is 12.7. The van der Waals surface area contributed by atoms with E-state index in [-0.39, 0.29) is 0 Å². The predicted molar refractivity (Wildman–Crippen MR) is 74.9 cm³/mol. The molecule has 1 aromatic carbocycles. The van der Waals surface area contributed by atoms with Gasteiger partial charge >= 0.3 is 0 Å². The second kappa shape index (κ2) is 4.88. The lowest BCUT2D eigenvalue weighted by atomic mass is 10.2. The molecule has 0 saturated heterocycles. The quantitative estimate of drug-likeness (QED) is 0.940. The Balaban J connectivity index is 2.74. The van der Waals surface area contributed by atoms with E-state index in [9.17, 15) is 0 Å². The number of nitrogens with one attached hydrogen (secondary N) is 1. The zero-order chi connectivity index (χ0) is 12.6. The lowest BCUT2D eigenvalue weighted by Gasteiger charge is -2.05. The average Bonchev–Trinajstić information content (AvgIpc) is 2.54. The molecule has 0 atom stereocenters. The lowest BCUT2D eigenvalue weighted by Crippen LogP contribution is -2.09. The van der Waals surface area contributed by atoms with Crippen LogP contribution in [0.5, 0.6) is 5.75 Å². The third-order valence-electron chi connectivity index (χ3n) is 2.87. The van der Waals surface area contributed by atoms with Gasteiger partial charge in [0.05, 0.1) is 17.6 Å². The Labute approximate surface area is 114 Å². The molecule has 0 unspecified atom stereocenters. The van der Waals surface area contributed by atoms with Crippen LogP contribution in [0.2, 0.25) is 5.02 Å². The maximum atomic E-state index is 6.14. The van der Waals surface area contributed by atoms with E-state index in [1.807, 2.05) is 26.2 Å². The summed E-state index contributed by atoms with van der Waals surface area (Å²) < 4.78 is 8.45. The SMILES string of the molecule is CNCc1c(Br)c2cc(OC)c(Cl)cc2n1C. The van der Waals surface area contributed by atoms with E-state index in [1.165, 1.54) is 5.69 Å². The van der Waals surface area contributed by atoms with E-state index < -0.39 is 0 Å². The summed E-state index contributed by atoms with van der Waals surface area (Å²) in [6, 6.07) is 3.89. The Bertz CT molecular complexity index is 565. The highest BCUT2D eigenvalue weighted by Gasteiger charge is 2.15. The van der Waals surface area contributed by atoms with Crippen molar-refractivity contribution in [2.24, 2.45) is 7.05 Å². The molecule has 92 valence electrons. The average molecular weight is 318 g/mol. The number of methoxy groups -OCH3 is 1. The van der Waals surface area contributed by atoms with Gasteiger partial charge in [-0.15, -0.1) is 0 Å². The van der Waals surface area contributed by atoms with Crippen molar-refractivity contribution in [2.75, 3.05) is 14.2 Å². The Kier molecular flexibility index (Phi) is 3.66. The summed E-state index contributed by atoms with van der Waals surface area (Å²) in [5, 5.41) is 4.89. The summed E-state index contributed by atoms with van der Waals surface area (Å²) in [4.78, 5) is 0. The largest absolute Gasteiger partial charge is 0.495 e. The molecule has 1 aromatic heterocycles. The minimum Gasteiger partial charge on any atom is -0.495 e. The van der Waals surface area contributed by atoms with Gasteiger partial charge in [0, 0.05) is 29.1 Å². The van der Waals surface area contributed by atoms with E-state index >= 15 is 0 Å². The third-order valence-corrected chi connectivity index (χ3v) is 4.05. The molecule has 17 heavy (non-hydrogen) atoms. The maximum absolute atomic E-state index is 6.14. The van der Waals surface area contributed by atoms with Crippen molar-refractivity contribution in [3.8, 4) is 5.75 Å². The summed E-state index contributed by atoms with van der Waals surface area (Å²) in [5.41, 5.74) is 2.28. The molecule has 5 heteroatoms. The van der Waals surface area contributed by atoms with Crippen LogP contribution in [0.1, 0.15) is 5.69 Å². The van der Waals surface area contributed by atoms with E-state index in [0.717, 1.165) is 21.9 Å². The zero-order valence-corrected chi connectivity index (χ0v) is 12.3. The van der Waals surface area contributed by atoms with Crippen molar-refractivity contribution < 1.29 is 4.74 Å². The summed E-state index contributed by atoms with van der Waals surface area (Å²) in [6.45, 7) is 0.797. The number of hydrogen-bond donors (Lipinski definition) is 1. The molecule has 0 radical (unpaired) electrons. The van der Waals surface area contributed by atoms with E-state index in [4.69, 9.17) is 16.3 Å². The fraction of sp³-hybridized carbons (Fsp3) is 0.333. The number of benzene rings is 1. The number of hydrogen-bond acceptors (Lipinski definition) is 2. The second-order valence-corrected chi connectivity index (χ2v) is 5.05. The zero-order valence-electron chi connectivity index (χ0n) is 9.97. The Hall–Kier alpha value is -0.710. The van der Waals surface area contributed by atoms with Crippen LogP contribution in [0.4, 0.5) is 0 Å². The molecule has 0 aliphatic heterocycles. The van der Waals surface area contributed by atoms with Crippen LogP contribution in [0.25, 0.3) is 10.9 Å². The van der Waals surface area contributed by atoms with Crippen molar-refractivity contribution in [1.82, 2.24) is 9.88 Å². The van der Waals surface area contributed by atoms with Crippen LogP contribution >= 0.6 is 27.5 Å². The molecule has 0 fully saturated rings.